The Morgan fingerprint density at radius 3 is 2.72 bits per heavy atom. The molecule has 166 valence electrons. The van der Waals surface area contributed by atoms with E-state index in [0.717, 1.165) is 26.9 Å². The molecule has 8 heteroatoms. The van der Waals surface area contributed by atoms with Crippen molar-refractivity contribution in [1.29, 1.82) is 0 Å². The first kappa shape index (κ1) is 22.5. The molecule has 4 rings (SSSR count). The lowest BCUT2D eigenvalue weighted by Crippen LogP contribution is -2.24. The van der Waals surface area contributed by atoms with Gasteiger partial charge in [-0.3, -0.25) is 4.90 Å². The number of ether oxygens (including phenoxy) is 1. The lowest BCUT2D eigenvalue weighted by molar-refractivity contribution is -0.117. The minimum absolute atomic E-state index is 0.0535. The van der Waals surface area contributed by atoms with Crippen LogP contribution in [0.15, 0.2) is 52.2 Å². The number of cyclic esters (lactones) is 1. The molecule has 0 unspecified atom stereocenters. The van der Waals surface area contributed by atoms with E-state index in [2.05, 4.69) is 4.98 Å². The van der Waals surface area contributed by atoms with Gasteiger partial charge in [0.1, 0.15) is 22.0 Å². The molecule has 1 atom stereocenters. The summed E-state index contributed by atoms with van der Waals surface area (Å²) in [4.78, 5) is 29.2. The number of Topliss-reactive ketones (excluding diaryl/α,β-unsaturated/α-hetero) is 1. The first-order valence-corrected chi connectivity index (χ1v) is 12.2. The number of halogens is 1. The number of thiazole rings is 1. The number of ketones is 1. The third-order valence-electron chi connectivity index (χ3n) is 5.18. The first-order valence-electron chi connectivity index (χ1n) is 10.3. The molecule has 5 nitrogen and oxygen atoms in total. The number of thioether (sulfide) groups is 1. The highest BCUT2D eigenvalue weighted by Crippen LogP contribution is 2.31. The average Bonchev–Trinajstić information content (AvgIpc) is 3.36. The summed E-state index contributed by atoms with van der Waals surface area (Å²) in [5, 5.41) is 2.03. The molecule has 0 radical (unpaired) electrons. The maximum Gasteiger partial charge on any atom is 0.414 e. The van der Waals surface area contributed by atoms with Crippen molar-refractivity contribution in [3.05, 3.63) is 64.9 Å². The minimum Gasteiger partial charge on any atom is -0.444 e. The molecule has 1 aromatic heterocycles. The number of aryl methyl sites for hydroxylation is 1. The van der Waals surface area contributed by atoms with E-state index in [1.807, 2.05) is 36.6 Å². The van der Waals surface area contributed by atoms with Gasteiger partial charge in [-0.15, -0.1) is 11.3 Å². The van der Waals surface area contributed by atoms with Crippen molar-refractivity contribution >= 4 is 40.7 Å². The topological polar surface area (TPSA) is 59.5 Å². The van der Waals surface area contributed by atoms with Crippen LogP contribution in [-0.4, -0.2) is 29.5 Å². The number of aromatic nitrogens is 1. The molecule has 1 aliphatic rings. The Morgan fingerprint density at radius 1 is 1.28 bits per heavy atom. The highest BCUT2D eigenvalue weighted by atomic mass is 32.2. The zero-order chi connectivity index (χ0) is 22.7. The average molecular weight is 471 g/mol. The second kappa shape index (κ2) is 9.83. The lowest BCUT2D eigenvalue weighted by atomic mass is 10.0. The Kier molecular flexibility index (Phi) is 6.91. The highest BCUT2D eigenvalue weighted by molar-refractivity contribution is 8.00. The van der Waals surface area contributed by atoms with Crippen LogP contribution in [0.5, 0.6) is 0 Å². The van der Waals surface area contributed by atoms with Gasteiger partial charge in [0, 0.05) is 28.8 Å². The smallest absolute Gasteiger partial charge is 0.414 e. The van der Waals surface area contributed by atoms with Crippen LogP contribution >= 0.6 is 23.1 Å². The van der Waals surface area contributed by atoms with Crippen molar-refractivity contribution in [3.8, 4) is 11.1 Å². The lowest BCUT2D eigenvalue weighted by Gasteiger charge is -2.14. The minimum atomic E-state index is -0.511. The van der Waals surface area contributed by atoms with E-state index in [0.29, 0.717) is 30.6 Å². The monoisotopic (exact) mass is 470 g/mol. The zero-order valence-electron chi connectivity index (χ0n) is 17.8. The molecule has 1 amide bonds. The number of carbonyl (C=O) groups is 2. The fraction of sp³-hybridized carbons (Fsp3) is 0.292. The second-order valence-corrected chi connectivity index (χ2v) is 9.84. The quantitative estimate of drug-likeness (QED) is 0.365. The van der Waals surface area contributed by atoms with Gasteiger partial charge >= 0.3 is 6.09 Å². The molecular formula is C24H23FN2O3S2. The SMILES string of the molecule is CC(=O)CC[C@H]1CN(c2ccc(-c3ccc(CSc4nc(C)cs4)cc3)c(F)c2)C(=O)O1. The predicted octanol–water partition coefficient (Wildman–Crippen LogP) is 6.24. The number of carbonyl (C=O) groups excluding carboxylic acids is 2. The fourth-order valence-electron chi connectivity index (χ4n) is 3.48. The van der Waals surface area contributed by atoms with Crippen LogP contribution < -0.4 is 4.90 Å². The molecule has 0 saturated carbocycles. The Hall–Kier alpha value is -2.71. The number of benzene rings is 2. The molecule has 1 saturated heterocycles. The van der Waals surface area contributed by atoms with Gasteiger partial charge in [0.05, 0.1) is 12.2 Å². The third kappa shape index (κ3) is 5.37. The Balaban J connectivity index is 1.41. The molecule has 32 heavy (non-hydrogen) atoms. The van der Waals surface area contributed by atoms with E-state index in [9.17, 15) is 14.0 Å². The van der Waals surface area contributed by atoms with E-state index in [4.69, 9.17) is 4.74 Å². The van der Waals surface area contributed by atoms with E-state index < -0.39 is 11.9 Å². The molecule has 0 N–H and O–H groups in total. The maximum absolute atomic E-state index is 14.9. The van der Waals surface area contributed by atoms with E-state index in [1.54, 1.807) is 35.2 Å². The summed E-state index contributed by atoms with van der Waals surface area (Å²) >= 11 is 3.32. The van der Waals surface area contributed by atoms with Gasteiger partial charge in [-0.1, -0.05) is 36.0 Å². The molecule has 2 aromatic carbocycles. The summed E-state index contributed by atoms with van der Waals surface area (Å²) < 4.78 is 21.3. The van der Waals surface area contributed by atoms with E-state index >= 15 is 0 Å². The van der Waals surface area contributed by atoms with Gasteiger partial charge < -0.3 is 9.53 Å². The van der Waals surface area contributed by atoms with Gasteiger partial charge in [0.25, 0.3) is 0 Å². The van der Waals surface area contributed by atoms with Crippen LogP contribution in [0.25, 0.3) is 11.1 Å². The van der Waals surface area contributed by atoms with E-state index in [1.165, 1.54) is 17.9 Å². The van der Waals surface area contributed by atoms with Gasteiger partial charge in [-0.05, 0) is 49.6 Å². The molecular weight excluding hydrogens is 447 g/mol. The molecule has 0 aliphatic carbocycles. The van der Waals surface area contributed by atoms with Crippen LogP contribution in [0, 0.1) is 12.7 Å². The van der Waals surface area contributed by atoms with Crippen LogP contribution in [0.1, 0.15) is 31.0 Å². The molecule has 0 bridgehead atoms. The van der Waals surface area contributed by atoms with Crippen molar-refractivity contribution in [1.82, 2.24) is 4.98 Å². The maximum atomic E-state index is 14.9. The van der Waals surface area contributed by atoms with Crippen LogP contribution in [0.4, 0.5) is 14.9 Å². The summed E-state index contributed by atoms with van der Waals surface area (Å²) in [6, 6.07) is 12.6. The van der Waals surface area contributed by atoms with Crippen molar-refractivity contribution < 1.29 is 18.7 Å². The number of amides is 1. The highest BCUT2D eigenvalue weighted by Gasteiger charge is 2.32. The normalized spacial score (nSPS) is 15.8. The number of rotatable bonds is 8. The van der Waals surface area contributed by atoms with Crippen molar-refractivity contribution in [2.24, 2.45) is 0 Å². The molecule has 1 aliphatic heterocycles. The second-order valence-electron chi connectivity index (χ2n) is 7.76. The van der Waals surface area contributed by atoms with Crippen molar-refractivity contribution in [2.75, 3.05) is 11.4 Å². The molecule has 3 aromatic rings. The van der Waals surface area contributed by atoms with Crippen molar-refractivity contribution in [3.63, 3.8) is 0 Å². The van der Waals surface area contributed by atoms with Crippen LogP contribution in [0.2, 0.25) is 0 Å². The van der Waals surface area contributed by atoms with Gasteiger partial charge in [-0.25, -0.2) is 14.2 Å². The summed E-state index contributed by atoms with van der Waals surface area (Å²) in [7, 11) is 0. The first-order chi connectivity index (χ1) is 15.4. The Morgan fingerprint density at radius 2 is 2.06 bits per heavy atom. The van der Waals surface area contributed by atoms with Crippen molar-refractivity contribution in [2.45, 2.75) is 42.9 Å². The summed E-state index contributed by atoms with van der Waals surface area (Å²) in [6.45, 7) is 3.81. The predicted molar refractivity (Wildman–Crippen MR) is 126 cm³/mol. The summed E-state index contributed by atoms with van der Waals surface area (Å²) in [5.41, 5.74) is 3.87. The number of hydrogen-bond donors (Lipinski definition) is 0. The fourth-order valence-corrected chi connectivity index (χ4v) is 5.28. The standard InChI is InChI=1S/C24H23FN2O3S2/c1-15-13-31-23(26-15)32-14-17-4-6-18(7-5-17)21-10-8-19(11-22(21)25)27-12-20(30-24(27)29)9-3-16(2)28/h4-8,10-11,13,20H,3,9,12,14H2,1-2H3/t20-/m0/s1. The van der Waals surface area contributed by atoms with Gasteiger partial charge in [0.2, 0.25) is 0 Å². The van der Waals surface area contributed by atoms with Gasteiger partial charge in [-0.2, -0.15) is 0 Å². The Labute approximate surface area is 194 Å². The van der Waals surface area contributed by atoms with Gasteiger partial charge in [0.15, 0.2) is 0 Å². The Bertz CT molecular complexity index is 1130. The number of anilines is 1. The summed E-state index contributed by atoms with van der Waals surface area (Å²) in [5.74, 6) is 0.455. The number of hydrogen-bond acceptors (Lipinski definition) is 6. The number of nitrogens with zero attached hydrogens (tertiary/aromatic N) is 2. The summed E-state index contributed by atoms with van der Waals surface area (Å²) in [6.07, 6.45) is -0.0297. The van der Waals surface area contributed by atoms with Crippen LogP contribution in [0.3, 0.4) is 0 Å². The zero-order valence-corrected chi connectivity index (χ0v) is 19.5. The molecule has 0 spiro atoms. The largest absolute Gasteiger partial charge is 0.444 e. The molecule has 2 heterocycles. The van der Waals surface area contributed by atoms with E-state index in [-0.39, 0.29) is 11.9 Å². The molecule has 1 fully saturated rings. The third-order valence-corrected chi connectivity index (χ3v) is 7.39. The van der Waals surface area contributed by atoms with Crippen LogP contribution in [-0.2, 0) is 15.3 Å².